The first-order valence-electron chi connectivity index (χ1n) is 6.05. The number of aromatic nitrogens is 4. The number of imidazole rings is 1. The monoisotopic (exact) mass is 286 g/mol. The fourth-order valence-corrected chi connectivity index (χ4v) is 2.49. The van der Waals surface area contributed by atoms with Gasteiger partial charge in [0, 0.05) is 5.56 Å². The third-order valence-corrected chi connectivity index (χ3v) is 3.44. The maximum absolute atomic E-state index is 11.8. The van der Waals surface area contributed by atoms with Crippen molar-refractivity contribution in [3.8, 4) is 11.4 Å². The molecule has 100 valence electrons. The van der Waals surface area contributed by atoms with Crippen LogP contribution in [0.15, 0.2) is 23.0 Å². The van der Waals surface area contributed by atoms with Crippen molar-refractivity contribution in [1.29, 1.82) is 0 Å². The van der Waals surface area contributed by atoms with Gasteiger partial charge < -0.3 is 20.6 Å². The van der Waals surface area contributed by atoms with Gasteiger partial charge in [-0.25, -0.2) is 4.98 Å². The third-order valence-electron chi connectivity index (χ3n) is 3.24. The molecule has 0 amide bonds. The van der Waals surface area contributed by atoms with Gasteiger partial charge >= 0.3 is 0 Å². The van der Waals surface area contributed by atoms with Crippen LogP contribution in [0, 0.1) is 4.77 Å². The highest BCUT2D eigenvalue weighted by molar-refractivity contribution is 7.71. The maximum Gasteiger partial charge on any atom is 0.277 e. The van der Waals surface area contributed by atoms with E-state index in [2.05, 4.69) is 30.6 Å². The van der Waals surface area contributed by atoms with E-state index in [4.69, 9.17) is 12.2 Å². The lowest BCUT2D eigenvalue weighted by atomic mass is 10.1. The predicted molar refractivity (Wildman–Crippen MR) is 79.4 cm³/mol. The normalized spacial score (nSPS) is 13.0. The zero-order valence-electron chi connectivity index (χ0n) is 10.2. The van der Waals surface area contributed by atoms with Crippen LogP contribution < -0.4 is 16.2 Å². The first-order chi connectivity index (χ1) is 9.70. The predicted octanol–water partition coefficient (Wildman–Crippen LogP) is 1.77. The number of hydrogen-bond donors (Lipinski definition) is 5. The molecule has 0 saturated carbocycles. The molecule has 0 atom stereocenters. The molecule has 2 aromatic heterocycles. The maximum atomic E-state index is 11.8. The van der Waals surface area contributed by atoms with Crippen LogP contribution >= 0.6 is 12.2 Å². The van der Waals surface area contributed by atoms with Gasteiger partial charge in [-0.1, -0.05) is 0 Å². The average molecular weight is 286 g/mol. The summed E-state index contributed by atoms with van der Waals surface area (Å²) in [7, 11) is 0. The van der Waals surface area contributed by atoms with E-state index in [-0.39, 0.29) is 10.3 Å². The summed E-state index contributed by atoms with van der Waals surface area (Å²) >= 11 is 4.93. The Labute approximate surface area is 117 Å². The van der Waals surface area contributed by atoms with E-state index in [1.54, 1.807) is 0 Å². The molecule has 0 radical (unpaired) electrons. The van der Waals surface area contributed by atoms with E-state index in [0.29, 0.717) is 23.7 Å². The summed E-state index contributed by atoms with van der Waals surface area (Å²) in [5, 5.41) is 6.42. The molecule has 1 aliphatic rings. The highest BCUT2D eigenvalue weighted by Gasteiger charge is 2.13. The number of aromatic amines is 3. The van der Waals surface area contributed by atoms with Gasteiger partial charge in [-0.3, -0.25) is 9.78 Å². The molecule has 1 aliphatic heterocycles. The van der Waals surface area contributed by atoms with Crippen LogP contribution in [0.25, 0.3) is 22.6 Å². The zero-order valence-corrected chi connectivity index (χ0v) is 11.0. The number of rotatable bonds is 1. The number of nitrogens with one attached hydrogen (secondary N) is 5. The molecule has 4 rings (SSSR count). The first kappa shape index (κ1) is 11.2. The molecule has 1 aromatic carbocycles. The van der Waals surface area contributed by atoms with Crippen LogP contribution in [0.1, 0.15) is 0 Å². The Hall–Kier alpha value is -2.61. The van der Waals surface area contributed by atoms with E-state index in [9.17, 15) is 4.79 Å². The van der Waals surface area contributed by atoms with Crippen molar-refractivity contribution in [3.05, 3.63) is 33.3 Å². The van der Waals surface area contributed by atoms with Gasteiger partial charge in [0.05, 0.1) is 18.0 Å². The van der Waals surface area contributed by atoms with Crippen molar-refractivity contribution >= 4 is 34.8 Å². The lowest BCUT2D eigenvalue weighted by Gasteiger charge is -2.01. The minimum atomic E-state index is -0.275. The quantitative estimate of drug-likeness (QED) is 0.439. The smallest absolute Gasteiger partial charge is 0.277 e. The number of benzene rings is 1. The largest absolute Gasteiger partial charge is 0.366 e. The standard InChI is InChI=1S/C12H10N6OS/c19-11-8-10(17-12(20)18-11)16-9(15-8)5-1-2-6-7(3-5)14-4-13-6/h1-3,13-14H,4H2,(H3,15,16,17,18,19,20). The molecule has 0 aliphatic carbocycles. The Balaban J connectivity index is 1.92. The van der Waals surface area contributed by atoms with E-state index < -0.39 is 0 Å². The first-order valence-corrected chi connectivity index (χ1v) is 6.46. The van der Waals surface area contributed by atoms with Crippen molar-refractivity contribution in [3.63, 3.8) is 0 Å². The fraction of sp³-hybridized carbons (Fsp3) is 0.0833. The Morgan fingerprint density at radius 1 is 1.10 bits per heavy atom. The van der Waals surface area contributed by atoms with E-state index >= 15 is 0 Å². The molecule has 0 bridgehead atoms. The van der Waals surface area contributed by atoms with Gasteiger partial charge in [-0.05, 0) is 30.4 Å². The lowest BCUT2D eigenvalue weighted by molar-refractivity contribution is 1.12. The summed E-state index contributed by atoms with van der Waals surface area (Å²) in [6.07, 6.45) is 0. The van der Waals surface area contributed by atoms with Crippen LogP contribution in [0.2, 0.25) is 0 Å². The summed E-state index contributed by atoms with van der Waals surface area (Å²) in [5.41, 5.74) is 3.55. The summed E-state index contributed by atoms with van der Waals surface area (Å²) in [5.74, 6) is 0.624. The molecular weight excluding hydrogens is 276 g/mol. The molecule has 3 aromatic rings. The second kappa shape index (κ2) is 3.94. The summed E-state index contributed by atoms with van der Waals surface area (Å²) in [6, 6.07) is 5.90. The number of nitrogens with zero attached hydrogens (tertiary/aromatic N) is 1. The SMILES string of the molecule is O=c1[nH]c(=S)[nH]c2nc(-c3ccc4c(c3)NCN4)[nH]c12. The Morgan fingerprint density at radius 3 is 2.85 bits per heavy atom. The number of fused-ring (bicyclic) bond motifs is 2. The van der Waals surface area contributed by atoms with Gasteiger partial charge in [0.15, 0.2) is 10.4 Å². The Morgan fingerprint density at radius 2 is 1.95 bits per heavy atom. The highest BCUT2D eigenvalue weighted by atomic mass is 32.1. The number of H-pyrrole nitrogens is 3. The highest BCUT2D eigenvalue weighted by Crippen LogP contribution is 2.30. The third kappa shape index (κ3) is 1.62. The van der Waals surface area contributed by atoms with Crippen LogP contribution in [0.3, 0.4) is 0 Å². The summed E-state index contributed by atoms with van der Waals surface area (Å²) in [6.45, 7) is 0.714. The Kier molecular flexibility index (Phi) is 2.21. The minimum Gasteiger partial charge on any atom is -0.366 e. The van der Waals surface area contributed by atoms with E-state index in [0.717, 1.165) is 16.9 Å². The molecule has 8 heteroatoms. The van der Waals surface area contributed by atoms with Gasteiger partial charge in [0.1, 0.15) is 11.3 Å². The topological polar surface area (TPSA) is 101 Å². The number of anilines is 2. The Bertz CT molecular complexity index is 937. The summed E-state index contributed by atoms with van der Waals surface area (Å²) in [4.78, 5) is 24.6. The zero-order chi connectivity index (χ0) is 13.7. The van der Waals surface area contributed by atoms with Gasteiger partial charge in [0.2, 0.25) is 0 Å². The van der Waals surface area contributed by atoms with Gasteiger partial charge in [-0.2, -0.15) is 0 Å². The van der Waals surface area contributed by atoms with Gasteiger partial charge in [-0.15, -0.1) is 0 Å². The van der Waals surface area contributed by atoms with Crippen LogP contribution in [-0.2, 0) is 0 Å². The molecule has 20 heavy (non-hydrogen) atoms. The average Bonchev–Trinajstić information content (AvgIpc) is 3.03. The van der Waals surface area contributed by atoms with Crippen LogP contribution in [-0.4, -0.2) is 26.6 Å². The van der Waals surface area contributed by atoms with Gasteiger partial charge in [0.25, 0.3) is 5.56 Å². The van der Waals surface area contributed by atoms with Crippen molar-refractivity contribution in [2.24, 2.45) is 0 Å². The minimum absolute atomic E-state index is 0.264. The fourth-order valence-electron chi connectivity index (χ4n) is 2.30. The van der Waals surface area contributed by atoms with Crippen molar-refractivity contribution in [1.82, 2.24) is 19.9 Å². The molecule has 5 N–H and O–H groups in total. The van der Waals surface area contributed by atoms with Crippen LogP contribution in [0.5, 0.6) is 0 Å². The molecule has 7 nitrogen and oxygen atoms in total. The van der Waals surface area contributed by atoms with Crippen molar-refractivity contribution in [2.45, 2.75) is 0 Å². The number of hydrogen-bond acceptors (Lipinski definition) is 5. The second-order valence-electron chi connectivity index (χ2n) is 4.51. The molecule has 0 unspecified atom stereocenters. The molecule has 3 heterocycles. The van der Waals surface area contributed by atoms with E-state index in [1.807, 2.05) is 18.2 Å². The van der Waals surface area contributed by atoms with Crippen LogP contribution in [0.4, 0.5) is 11.4 Å². The lowest BCUT2D eigenvalue weighted by Crippen LogP contribution is -2.07. The van der Waals surface area contributed by atoms with Crippen molar-refractivity contribution < 1.29 is 0 Å². The second-order valence-corrected chi connectivity index (χ2v) is 4.92. The molecule has 0 spiro atoms. The molecule has 0 fully saturated rings. The molecular formula is C12H10N6OS. The molecule has 0 saturated heterocycles. The summed E-state index contributed by atoms with van der Waals surface area (Å²) < 4.78 is 0.264. The van der Waals surface area contributed by atoms with Crippen molar-refractivity contribution in [2.75, 3.05) is 17.3 Å². The van der Waals surface area contributed by atoms with E-state index in [1.165, 1.54) is 0 Å².